The second-order valence-electron chi connectivity index (χ2n) is 4.65. The number of benzene rings is 1. The molecule has 0 saturated carbocycles. The number of hydrogen-bond donors (Lipinski definition) is 2. The van der Waals surface area contributed by atoms with E-state index in [1.54, 1.807) is 12.1 Å². The molecule has 3 N–H and O–H groups in total. The third-order valence-electron chi connectivity index (χ3n) is 2.75. The molecule has 0 radical (unpaired) electrons. The predicted molar refractivity (Wildman–Crippen MR) is 68.9 cm³/mol. The number of aromatic amines is 1. The summed E-state index contributed by atoms with van der Waals surface area (Å²) in [5.41, 5.74) is 5.95. The van der Waals surface area contributed by atoms with Gasteiger partial charge in [-0.3, -0.25) is 5.10 Å². The zero-order valence-electron chi connectivity index (χ0n) is 10.9. The topological polar surface area (TPSA) is 76.8 Å². The number of nitrogens with two attached hydrogens (primary N) is 1. The van der Waals surface area contributed by atoms with Gasteiger partial charge in [-0.1, -0.05) is 13.8 Å². The molecule has 1 atom stereocenters. The van der Waals surface area contributed by atoms with Gasteiger partial charge in [0.05, 0.1) is 6.04 Å². The van der Waals surface area contributed by atoms with Crippen molar-refractivity contribution in [3.63, 3.8) is 0 Å². The predicted octanol–water partition coefficient (Wildman–Crippen LogP) is 2.18. The molecule has 102 valence electrons. The molecule has 1 heterocycles. The van der Waals surface area contributed by atoms with E-state index in [-0.39, 0.29) is 24.4 Å². The van der Waals surface area contributed by atoms with Gasteiger partial charge >= 0.3 is 0 Å². The maximum absolute atomic E-state index is 12.7. The lowest BCUT2D eigenvalue weighted by molar-refractivity contribution is 0.295. The zero-order chi connectivity index (χ0) is 13.8. The highest BCUT2D eigenvalue weighted by atomic mass is 19.1. The highest BCUT2D eigenvalue weighted by Gasteiger charge is 2.15. The molecule has 0 unspecified atom stereocenters. The van der Waals surface area contributed by atoms with Crippen molar-refractivity contribution in [3.8, 4) is 5.75 Å². The lowest BCUT2D eigenvalue weighted by atomic mass is 10.1. The molecule has 1 aromatic heterocycles. The average Bonchev–Trinajstić information content (AvgIpc) is 2.86. The number of aromatic nitrogens is 3. The van der Waals surface area contributed by atoms with Gasteiger partial charge in [-0.25, -0.2) is 9.37 Å². The number of nitrogens with one attached hydrogen (secondary N) is 1. The van der Waals surface area contributed by atoms with Crippen LogP contribution in [0.3, 0.4) is 0 Å². The van der Waals surface area contributed by atoms with Crippen molar-refractivity contribution in [2.45, 2.75) is 26.5 Å². The Morgan fingerprint density at radius 3 is 2.63 bits per heavy atom. The molecular weight excluding hydrogens is 247 g/mol. The van der Waals surface area contributed by atoms with Gasteiger partial charge in [-0.15, -0.1) is 0 Å². The molecule has 5 nitrogen and oxygen atoms in total. The standard InChI is InChI=1S/C13H17FN4O/c1-8(2)12(15)13-16-11(17-18-13)7-19-10-5-3-9(14)4-6-10/h3-6,8,12H,7,15H2,1-2H3,(H,16,17,18)/t12-/m0/s1. The van der Waals surface area contributed by atoms with Crippen LogP contribution in [0.4, 0.5) is 4.39 Å². The Hall–Kier alpha value is -1.95. The van der Waals surface area contributed by atoms with Crippen molar-refractivity contribution in [1.29, 1.82) is 0 Å². The number of ether oxygens (including phenoxy) is 1. The number of H-pyrrole nitrogens is 1. The Kier molecular flexibility index (Phi) is 4.11. The first kappa shape index (κ1) is 13.5. The first-order chi connectivity index (χ1) is 9.06. The van der Waals surface area contributed by atoms with Gasteiger partial charge in [0.1, 0.15) is 18.2 Å². The second kappa shape index (κ2) is 5.79. The van der Waals surface area contributed by atoms with Crippen LogP contribution in [0.5, 0.6) is 5.75 Å². The summed E-state index contributed by atoms with van der Waals surface area (Å²) in [6.45, 7) is 4.26. The van der Waals surface area contributed by atoms with E-state index in [0.29, 0.717) is 17.4 Å². The lowest BCUT2D eigenvalue weighted by Gasteiger charge is -2.10. The van der Waals surface area contributed by atoms with Gasteiger partial charge in [-0.05, 0) is 30.2 Å². The van der Waals surface area contributed by atoms with Crippen LogP contribution in [0.15, 0.2) is 24.3 Å². The molecule has 0 aliphatic carbocycles. The molecular formula is C13H17FN4O. The van der Waals surface area contributed by atoms with E-state index in [2.05, 4.69) is 15.2 Å². The third-order valence-corrected chi connectivity index (χ3v) is 2.75. The smallest absolute Gasteiger partial charge is 0.167 e. The third kappa shape index (κ3) is 3.51. The van der Waals surface area contributed by atoms with Crippen molar-refractivity contribution in [2.75, 3.05) is 0 Å². The Bertz CT molecular complexity index is 524. The monoisotopic (exact) mass is 264 g/mol. The number of hydrogen-bond acceptors (Lipinski definition) is 4. The second-order valence-corrected chi connectivity index (χ2v) is 4.65. The van der Waals surface area contributed by atoms with Crippen LogP contribution in [0, 0.1) is 11.7 Å². The SMILES string of the molecule is CC(C)[C@H](N)c1n[nH]c(COc2ccc(F)cc2)n1. The van der Waals surface area contributed by atoms with Gasteiger partial charge in [-0.2, -0.15) is 5.10 Å². The van der Waals surface area contributed by atoms with Crippen LogP contribution in [-0.4, -0.2) is 15.2 Å². The Labute approximate surface area is 111 Å². The fourth-order valence-electron chi connectivity index (χ4n) is 1.50. The Morgan fingerprint density at radius 1 is 1.32 bits per heavy atom. The van der Waals surface area contributed by atoms with Gasteiger partial charge in [0.25, 0.3) is 0 Å². The van der Waals surface area contributed by atoms with Crippen molar-refractivity contribution < 1.29 is 9.13 Å². The summed E-state index contributed by atoms with van der Waals surface area (Å²) in [5, 5.41) is 6.85. The van der Waals surface area contributed by atoms with E-state index < -0.39 is 0 Å². The minimum atomic E-state index is -0.294. The number of halogens is 1. The minimum Gasteiger partial charge on any atom is -0.486 e. The van der Waals surface area contributed by atoms with Crippen molar-refractivity contribution in [1.82, 2.24) is 15.2 Å². The zero-order valence-corrected chi connectivity index (χ0v) is 10.9. The Morgan fingerprint density at radius 2 is 2.00 bits per heavy atom. The molecule has 0 saturated heterocycles. The van der Waals surface area contributed by atoms with Crippen LogP contribution in [0.2, 0.25) is 0 Å². The number of rotatable bonds is 5. The van der Waals surface area contributed by atoms with E-state index in [4.69, 9.17) is 10.5 Å². The van der Waals surface area contributed by atoms with E-state index >= 15 is 0 Å². The molecule has 0 bridgehead atoms. The van der Waals surface area contributed by atoms with Gasteiger partial charge in [0, 0.05) is 0 Å². The lowest BCUT2D eigenvalue weighted by Crippen LogP contribution is -2.18. The maximum Gasteiger partial charge on any atom is 0.167 e. The first-order valence-corrected chi connectivity index (χ1v) is 6.11. The van der Waals surface area contributed by atoms with Crippen LogP contribution in [0.25, 0.3) is 0 Å². The summed E-state index contributed by atoms with van der Waals surface area (Å²) < 4.78 is 18.2. The quantitative estimate of drug-likeness (QED) is 0.867. The fraction of sp³-hybridized carbons (Fsp3) is 0.385. The minimum absolute atomic E-state index is 0.198. The summed E-state index contributed by atoms with van der Waals surface area (Å²) in [6, 6.07) is 5.61. The molecule has 19 heavy (non-hydrogen) atoms. The van der Waals surface area contributed by atoms with Crippen LogP contribution >= 0.6 is 0 Å². The summed E-state index contributed by atoms with van der Waals surface area (Å²) >= 11 is 0. The maximum atomic E-state index is 12.7. The molecule has 6 heteroatoms. The molecule has 2 aromatic rings. The van der Waals surface area contributed by atoms with Gasteiger partial charge in [0.15, 0.2) is 11.6 Å². The largest absolute Gasteiger partial charge is 0.486 e. The van der Waals surface area contributed by atoms with Gasteiger partial charge < -0.3 is 10.5 Å². The highest BCUT2D eigenvalue weighted by molar-refractivity contribution is 5.22. The summed E-state index contributed by atoms with van der Waals surface area (Å²) in [4.78, 5) is 4.27. The average molecular weight is 264 g/mol. The summed E-state index contributed by atoms with van der Waals surface area (Å²) in [5.74, 6) is 1.72. The van der Waals surface area contributed by atoms with Gasteiger partial charge in [0.2, 0.25) is 0 Å². The molecule has 0 aliphatic heterocycles. The Balaban J connectivity index is 1.95. The molecule has 0 spiro atoms. The van der Waals surface area contributed by atoms with Crippen molar-refractivity contribution in [3.05, 3.63) is 41.7 Å². The van der Waals surface area contributed by atoms with Crippen LogP contribution in [0.1, 0.15) is 31.5 Å². The molecule has 0 fully saturated rings. The van der Waals surface area contributed by atoms with E-state index in [1.807, 2.05) is 13.8 Å². The normalized spacial score (nSPS) is 12.7. The van der Waals surface area contributed by atoms with Crippen LogP contribution in [-0.2, 0) is 6.61 Å². The molecule has 1 aromatic carbocycles. The highest BCUT2D eigenvalue weighted by Crippen LogP contribution is 2.16. The first-order valence-electron chi connectivity index (χ1n) is 6.11. The van der Waals surface area contributed by atoms with E-state index in [9.17, 15) is 4.39 Å². The summed E-state index contributed by atoms with van der Waals surface area (Å²) in [6.07, 6.45) is 0. The fourth-order valence-corrected chi connectivity index (χ4v) is 1.50. The van der Waals surface area contributed by atoms with Crippen molar-refractivity contribution in [2.24, 2.45) is 11.7 Å². The van der Waals surface area contributed by atoms with E-state index in [0.717, 1.165) is 0 Å². The van der Waals surface area contributed by atoms with Crippen LogP contribution < -0.4 is 10.5 Å². The van der Waals surface area contributed by atoms with E-state index in [1.165, 1.54) is 12.1 Å². The number of nitrogens with zero attached hydrogens (tertiary/aromatic N) is 2. The molecule has 0 amide bonds. The molecule has 0 aliphatic rings. The summed E-state index contributed by atoms with van der Waals surface area (Å²) in [7, 11) is 0. The molecule has 2 rings (SSSR count). The van der Waals surface area contributed by atoms with Crippen molar-refractivity contribution >= 4 is 0 Å².